The van der Waals surface area contributed by atoms with E-state index in [1.165, 1.54) is 0 Å². The molecule has 2 rings (SSSR count). The molecule has 0 bridgehead atoms. The number of hydrogen-bond donors (Lipinski definition) is 1. The molecule has 2 aromatic carbocycles. The summed E-state index contributed by atoms with van der Waals surface area (Å²) in [6.07, 6.45) is 0. The molecule has 2 aromatic rings. The lowest BCUT2D eigenvalue weighted by atomic mass is 10.1. The third-order valence-electron chi connectivity index (χ3n) is 3.46. The Balaban J connectivity index is 2.14. The van der Waals surface area contributed by atoms with E-state index in [1.807, 2.05) is 37.3 Å². The number of benzene rings is 2. The van der Waals surface area contributed by atoms with Gasteiger partial charge in [0.2, 0.25) is 0 Å². The van der Waals surface area contributed by atoms with Crippen molar-refractivity contribution in [1.29, 1.82) is 0 Å². The highest BCUT2D eigenvalue weighted by Crippen LogP contribution is 2.36. The van der Waals surface area contributed by atoms with Gasteiger partial charge in [-0.25, -0.2) is 0 Å². The van der Waals surface area contributed by atoms with Crippen molar-refractivity contribution >= 4 is 17.3 Å². The third kappa shape index (κ3) is 4.53. The number of nitrogens with one attached hydrogen (secondary N) is 1. The van der Waals surface area contributed by atoms with Gasteiger partial charge in [-0.1, -0.05) is 29.8 Å². The van der Waals surface area contributed by atoms with E-state index in [1.54, 1.807) is 14.2 Å². The molecule has 0 heterocycles. The summed E-state index contributed by atoms with van der Waals surface area (Å²) in [5.41, 5.74) is 3.19. The van der Waals surface area contributed by atoms with Crippen LogP contribution in [0, 0.1) is 0 Å². The molecule has 0 atom stereocenters. The topological polar surface area (TPSA) is 39.7 Å². The van der Waals surface area contributed by atoms with Crippen LogP contribution in [0.15, 0.2) is 36.4 Å². The third-order valence-corrected chi connectivity index (χ3v) is 3.74. The summed E-state index contributed by atoms with van der Waals surface area (Å²) in [6.45, 7) is 3.90. The van der Waals surface area contributed by atoms with Gasteiger partial charge in [-0.3, -0.25) is 0 Å². The zero-order chi connectivity index (χ0) is 16.7. The van der Waals surface area contributed by atoms with Crippen LogP contribution in [0.1, 0.15) is 18.1 Å². The number of hydrogen-bond acceptors (Lipinski definition) is 4. The van der Waals surface area contributed by atoms with Crippen LogP contribution in [0.2, 0.25) is 5.02 Å². The molecule has 4 nitrogen and oxygen atoms in total. The summed E-state index contributed by atoms with van der Waals surface area (Å²) in [5, 5.41) is 3.95. The maximum absolute atomic E-state index is 6.24. The minimum absolute atomic E-state index is 0.534. The van der Waals surface area contributed by atoms with Gasteiger partial charge in [0.1, 0.15) is 0 Å². The average Bonchev–Trinajstić information content (AvgIpc) is 2.58. The Morgan fingerprint density at radius 2 is 1.87 bits per heavy atom. The molecule has 0 fully saturated rings. The fraction of sp³-hybridized carbons (Fsp3) is 0.333. The van der Waals surface area contributed by atoms with E-state index in [2.05, 4.69) is 11.4 Å². The predicted molar refractivity (Wildman–Crippen MR) is 93.7 cm³/mol. The van der Waals surface area contributed by atoms with Crippen LogP contribution in [0.4, 0.5) is 5.69 Å². The molecule has 0 aliphatic heterocycles. The summed E-state index contributed by atoms with van der Waals surface area (Å²) < 4.78 is 16.1. The molecular weight excluding hydrogens is 314 g/mol. The molecule has 0 radical (unpaired) electrons. The van der Waals surface area contributed by atoms with Crippen LogP contribution in [0.3, 0.4) is 0 Å². The minimum atomic E-state index is 0.534. The van der Waals surface area contributed by atoms with Crippen LogP contribution in [0.25, 0.3) is 0 Å². The lowest BCUT2D eigenvalue weighted by Crippen LogP contribution is -2.04. The number of rotatable bonds is 8. The van der Waals surface area contributed by atoms with Crippen molar-refractivity contribution in [3.63, 3.8) is 0 Å². The Labute approximate surface area is 142 Å². The second kappa shape index (κ2) is 8.65. The molecule has 0 amide bonds. The highest BCUT2D eigenvalue weighted by molar-refractivity contribution is 6.32. The number of ether oxygens (including phenoxy) is 3. The van der Waals surface area contributed by atoms with Gasteiger partial charge in [0.05, 0.1) is 25.8 Å². The summed E-state index contributed by atoms with van der Waals surface area (Å²) in [6, 6.07) is 11.9. The van der Waals surface area contributed by atoms with E-state index in [0.717, 1.165) is 16.8 Å². The molecule has 124 valence electrons. The quantitative estimate of drug-likeness (QED) is 0.770. The van der Waals surface area contributed by atoms with Crippen molar-refractivity contribution in [2.24, 2.45) is 0 Å². The molecule has 0 spiro atoms. The lowest BCUT2D eigenvalue weighted by molar-refractivity contribution is 0.134. The number of methoxy groups -OCH3 is 2. The number of para-hydroxylation sites is 1. The molecule has 0 saturated heterocycles. The van der Waals surface area contributed by atoms with Crippen LogP contribution in [-0.2, 0) is 17.9 Å². The van der Waals surface area contributed by atoms with E-state index in [4.69, 9.17) is 25.8 Å². The normalized spacial score (nSPS) is 10.4. The van der Waals surface area contributed by atoms with Gasteiger partial charge < -0.3 is 19.5 Å². The van der Waals surface area contributed by atoms with Gasteiger partial charge in [0.25, 0.3) is 0 Å². The van der Waals surface area contributed by atoms with Crippen molar-refractivity contribution in [2.45, 2.75) is 20.1 Å². The predicted octanol–water partition coefficient (Wildman–Crippen LogP) is 4.51. The van der Waals surface area contributed by atoms with E-state index >= 15 is 0 Å². The van der Waals surface area contributed by atoms with E-state index < -0.39 is 0 Å². The monoisotopic (exact) mass is 335 g/mol. The largest absolute Gasteiger partial charge is 0.493 e. The summed E-state index contributed by atoms with van der Waals surface area (Å²) in [4.78, 5) is 0. The molecular formula is C18H22ClNO3. The fourth-order valence-corrected chi connectivity index (χ4v) is 2.61. The summed E-state index contributed by atoms with van der Waals surface area (Å²) in [7, 11) is 3.18. The number of halogens is 1. The van der Waals surface area contributed by atoms with Crippen LogP contribution in [-0.4, -0.2) is 20.8 Å². The Kier molecular flexibility index (Phi) is 6.56. The average molecular weight is 336 g/mol. The molecule has 0 aliphatic rings. The van der Waals surface area contributed by atoms with Crippen molar-refractivity contribution in [1.82, 2.24) is 0 Å². The second-order valence-electron chi connectivity index (χ2n) is 4.96. The van der Waals surface area contributed by atoms with Gasteiger partial charge in [-0.05, 0) is 30.7 Å². The van der Waals surface area contributed by atoms with Gasteiger partial charge in [0.15, 0.2) is 11.5 Å². The Morgan fingerprint density at radius 3 is 2.57 bits per heavy atom. The van der Waals surface area contributed by atoms with Crippen molar-refractivity contribution in [3.05, 3.63) is 52.5 Å². The summed E-state index contributed by atoms with van der Waals surface area (Å²) >= 11 is 6.24. The smallest absolute Gasteiger partial charge is 0.179 e. The molecule has 1 N–H and O–H groups in total. The Hall–Kier alpha value is -1.91. The highest BCUT2D eigenvalue weighted by atomic mass is 35.5. The van der Waals surface area contributed by atoms with Crippen LogP contribution >= 0.6 is 11.6 Å². The molecule has 5 heteroatoms. The van der Waals surface area contributed by atoms with Crippen molar-refractivity contribution in [2.75, 3.05) is 26.1 Å². The first-order valence-corrected chi connectivity index (χ1v) is 7.87. The highest BCUT2D eigenvalue weighted by Gasteiger charge is 2.11. The lowest BCUT2D eigenvalue weighted by Gasteiger charge is -2.14. The molecule has 23 heavy (non-hydrogen) atoms. The molecule has 0 aromatic heterocycles. The molecule has 0 aliphatic carbocycles. The van der Waals surface area contributed by atoms with Gasteiger partial charge in [-0.2, -0.15) is 0 Å². The minimum Gasteiger partial charge on any atom is -0.493 e. The van der Waals surface area contributed by atoms with Gasteiger partial charge in [-0.15, -0.1) is 0 Å². The van der Waals surface area contributed by atoms with E-state index in [-0.39, 0.29) is 0 Å². The molecule has 0 saturated carbocycles. The maximum atomic E-state index is 6.24. The van der Waals surface area contributed by atoms with E-state index in [0.29, 0.717) is 36.3 Å². The van der Waals surface area contributed by atoms with Crippen molar-refractivity contribution < 1.29 is 14.2 Å². The van der Waals surface area contributed by atoms with Gasteiger partial charge in [0, 0.05) is 24.4 Å². The first kappa shape index (κ1) is 17.4. The Bertz CT molecular complexity index is 646. The van der Waals surface area contributed by atoms with Crippen LogP contribution in [0.5, 0.6) is 11.5 Å². The number of anilines is 1. The van der Waals surface area contributed by atoms with Crippen LogP contribution < -0.4 is 14.8 Å². The fourth-order valence-electron chi connectivity index (χ4n) is 2.30. The zero-order valence-corrected chi connectivity index (χ0v) is 14.4. The van der Waals surface area contributed by atoms with Crippen molar-refractivity contribution in [3.8, 4) is 11.5 Å². The summed E-state index contributed by atoms with van der Waals surface area (Å²) in [5.74, 6) is 1.18. The molecule has 0 unspecified atom stereocenters. The zero-order valence-electron chi connectivity index (χ0n) is 13.7. The first-order valence-electron chi connectivity index (χ1n) is 7.49. The van der Waals surface area contributed by atoms with Gasteiger partial charge >= 0.3 is 0 Å². The first-order chi connectivity index (χ1) is 11.2. The Morgan fingerprint density at radius 1 is 1.09 bits per heavy atom. The SMILES string of the molecule is CCOCc1ccccc1NCc1cc(Cl)c(OC)c(OC)c1. The second-order valence-corrected chi connectivity index (χ2v) is 5.37. The standard InChI is InChI=1S/C18H22ClNO3/c1-4-23-12-14-7-5-6-8-16(14)20-11-13-9-15(19)18(22-3)17(10-13)21-2/h5-10,20H,4,11-12H2,1-3H3. The maximum Gasteiger partial charge on any atom is 0.179 e. The van der Waals surface area contributed by atoms with E-state index in [9.17, 15) is 0 Å².